The lowest BCUT2D eigenvalue weighted by Crippen LogP contribution is -2.14. The Bertz CT molecular complexity index is 974. The minimum Gasteiger partial charge on any atom is -0.342 e. The fourth-order valence-corrected chi connectivity index (χ4v) is 3.69. The molecule has 3 nitrogen and oxygen atoms in total. The molecule has 138 valence electrons. The van der Waals surface area contributed by atoms with Gasteiger partial charge in [-0.2, -0.15) is 0 Å². The summed E-state index contributed by atoms with van der Waals surface area (Å²) in [4.78, 5) is 15.3. The summed E-state index contributed by atoms with van der Waals surface area (Å²) >= 11 is 0. The predicted octanol–water partition coefficient (Wildman–Crippen LogP) is 5.78. The maximum Gasteiger partial charge on any atom is 0.137 e. The quantitative estimate of drug-likeness (QED) is 0.623. The summed E-state index contributed by atoms with van der Waals surface area (Å²) in [6.07, 6.45) is 2.04. The molecule has 0 amide bonds. The third kappa shape index (κ3) is 3.68. The minimum absolute atomic E-state index is 0.158. The van der Waals surface area contributed by atoms with Gasteiger partial charge < -0.3 is 10.3 Å². The van der Waals surface area contributed by atoms with Gasteiger partial charge in [0.15, 0.2) is 0 Å². The van der Waals surface area contributed by atoms with E-state index in [2.05, 4.69) is 85.7 Å². The monoisotopic (exact) mass is 358 g/mol. The molecule has 3 heteroatoms. The van der Waals surface area contributed by atoms with Crippen LogP contribution in [0.2, 0.25) is 0 Å². The standard InChI is InChI=1S/C24H26N2O/c1-24(2,3)18-10-7-17(8-11-18)21-13-14-23(25-21)26-22-6-4-5-16-9-12-19(27)15-20(16)22/h4-8,10-11,13-14,25-26H,9,12,15H2,1-3H3. The fourth-order valence-electron chi connectivity index (χ4n) is 3.69. The maximum atomic E-state index is 11.9. The van der Waals surface area contributed by atoms with E-state index < -0.39 is 0 Å². The van der Waals surface area contributed by atoms with Gasteiger partial charge in [0.1, 0.15) is 11.6 Å². The number of anilines is 2. The lowest BCUT2D eigenvalue weighted by molar-refractivity contribution is -0.118. The Labute approximate surface area is 160 Å². The predicted molar refractivity (Wildman–Crippen MR) is 112 cm³/mol. The van der Waals surface area contributed by atoms with Crippen LogP contribution in [0, 0.1) is 0 Å². The lowest BCUT2D eigenvalue weighted by atomic mass is 9.86. The molecule has 0 unspecified atom stereocenters. The van der Waals surface area contributed by atoms with E-state index in [1.54, 1.807) is 0 Å². The molecule has 2 N–H and O–H groups in total. The molecule has 0 saturated carbocycles. The van der Waals surface area contributed by atoms with E-state index in [1.807, 2.05) is 0 Å². The maximum absolute atomic E-state index is 11.9. The first-order valence-corrected chi connectivity index (χ1v) is 9.59. The average molecular weight is 358 g/mol. The summed E-state index contributed by atoms with van der Waals surface area (Å²) in [5, 5.41) is 3.47. The molecule has 27 heavy (non-hydrogen) atoms. The third-order valence-corrected chi connectivity index (χ3v) is 5.34. The average Bonchev–Trinajstić information content (AvgIpc) is 3.10. The minimum atomic E-state index is 0.158. The Kier molecular flexibility index (Phi) is 4.39. The van der Waals surface area contributed by atoms with Gasteiger partial charge in [-0.05, 0) is 52.3 Å². The van der Waals surface area contributed by atoms with Gasteiger partial charge in [-0.3, -0.25) is 4.79 Å². The zero-order valence-electron chi connectivity index (χ0n) is 16.2. The number of aryl methyl sites for hydroxylation is 1. The van der Waals surface area contributed by atoms with Crippen molar-refractivity contribution in [3.05, 3.63) is 71.3 Å². The number of nitrogens with one attached hydrogen (secondary N) is 2. The smallest absolute Gasteiger partial charge is 0.137 e. The number of hydrogen-bond donors (Lipinski definition) is 2. The number of benzene rings is 2. The number of fused-ring (bicyclic) bond motifs is 1. The molecular weight excluding hydrogens is 332 g/mol. The van der Waals surface area contributed by atoms with Crippen LogP contribution < -0.4 is 5.32 Å². The Balaban J connectivity index is 1.57. The van der Waals surface area contributed by atoms with E-state index in [0.717, 1.165) is 29.2 Å². The van der Waals surface area contributed by atoms with Crippen LogP contribution in [-0.2, 0) is 23.1 Å². The van der Waals surface area contributed by atoms with Crippen LogP contribution in [0.3, 0.4) is 0 Å². The second-order valence-corrected chi connectivity index (χ2v) is 8.40. The first-order chi connectivity index (χ1) is 12.9. The van der Waals surface area contributed by atoms with Crippen molar-refractivity contribution in [3.63, 3.8) is 0 Å². The second kappa shape index (κ2) is 6.73. The molecule has 1 aliphatic carbocycles. The molecule has 0 bridgehead atoms. The molecule has 1 heterocycles. The van der Waals surface area contributed by atoms with Gasteiger partial charge in [0, 0.05) is 24.2 Å². The summed E-state index contributed by atoms with van der Waals surface area (Å²) in [7, 11) is 0. The van der Waals surface area contributed by atoms with Crippen LogP contribution in [0.15, 0.2) is 54.6 Å². The summed E-state index contributed by atoms with van der Waals surface area (Å²) in [5.41, 5.74) is 7.18. The van der Waals surface area contributed by atoms with E-state index in [1.165, 1.54) is 16.7 Å². The number of aromatic amines is 1. The first-order valence-electron chi connectivity index (χ1n) is 9.59. The van der Waals surface area contributed by atoms with Crippen molar-refractivity contribution in [2.24, 2.45) is 0 Å². The molecule has 1 aliphatic rings. The topological polar surface area (TPSA) is 44.9 Å². The Morgan fingerprint density at radius 3 is 2.44 bits per heavy atom. The van der Waals surface area contributed by atoms with Crippen molar-refractivity contribution in [3.8, 4) is 11.3 Å². The van der Waals surface area contributed by atoms with Crippen LogP contribution in [0.4, 0.5) is 11.5 Å². The van der Waals surface area contributed by atoms with Gasteiger partial charge >= 0.3 is 0 Å². The highest BCUT2D eigenvalue weighted by Gasteiger charge is 2.18. The highest BCUT2D eigenvalue weighted by molar-refractivity contribution is 5.86. The van der Waals surface area contributed by atoms with E-state index >= 15 is 0 Å². The van der Waals surface area contributed by atoms with Crippen LogP contribution in [0.25, 0.3) is 11.3 Å². The van der Waals surface area contributed by atoms with Gasteiger partial charge in [0.25, 0.3) is 0 Å². The molecule has 0 spiro atoms. The molecule has 4 rings (SSSR count). The Morgan fingerprint density at radius 1 is 0.926 bits per heavy atom. The second-order valence-electron chi connectivity index (χ2n) is 8.40. The lowest BCUT2D eigenvalue weighted by Gasteiger charge is -2.19. The van der Waals surface area contributed by atoms with Crippen molar-refractivity contribution < 1.29 is 4.79 Å². The molecule has 0 radical (unpaired) electrons. The molecule has 0 atom stereocenters. The molecule has 2 aromatic carbocycles. The summed E-state index contributed by atoms with van der Waals surface area (Å²) < 4.78 is 0. The molecule has 0 saturated heterocycles. The van der Waals surface area contributed by atoms with E-state index in [9.17, 15) is 4.79 Å². The molecule has 0 fully saturated rings. The third-order valence-electron chi connectivity index (χ3n) is 5.34. The van der Waals surface area contributed by atoms with Crippen LogP contribution in [0.1, 0.15) is 43.9 Å². The zero-order valence-corrected chi connectivity index (χ0v) is 16.2. The number of rotatable bonds is 3. The normalized spacial score (nSPS) is 14.1. The number of ketones is 1. The summed E-state index contributed by atoms with van der Waals surface area (Å²) in [6, 6.07) is 19.1. The van der Waals surface area contributed by atoms with Crippen molar-refractivity contribution >= 4 is 17.3 Å². The molecule has 3 aromatic rings. The molecule has 0 aliphatic heterocycles. The van der Waals surface area contributed by atoms with Gasteiger partial charge in [0.2, 0.25) is 0 Å². The van der Waals surface area contributed by atoms with Gasteiger partial charge in [-0.25, -0.2) is 0 Å². The van der Waals surface area contributed by atoms with Crippen molar-refractivity contribution in [2.75, 3.05) is 5.32 Å². The molecule has 1 aromatic heterocycles. The van der Waals surface area contributed by atoms with Crippen LogP contribution in [0.5, 0.6) is 0 Å². The number of carbonyl (C=O) groups excluding carboxylic acids is 1. The van der Waals surface area contributed by atoms with Gasteiger partial charge in [-0.15, -0.1) is 0 Å². The van der Waals surface area contributed by atoms with E-state index in [0.29, 0.717) is 18.6 Å². The number of hydrogen-bond acceptors (Lipinski definition) is 2. The number of aromatic nitrogens is 1. The van der Waals surface area contributed by atoms with Crippen molar-refractivity contribution in [1.29, 1.82) is 0 Å². The zero-order chi connectivity index (χ0) is 19.0. The molecular formula is C24H26N2O. The Hall–Kier alpha value is -2.81. The largest absolute Gasteiger partial charge is 0.342 e. The highest BCUT2D eigenvalue weighted by Crippen LogP contribution is 2.30. The van der Waals surface area contributed by atoms with E-state index in [-0.39, 0.29) is 5.41 Å². The number of H-pyrrole nitrogens is 1. The van der Waals surface area contributed by atoms with Crippen molar-refractivity contribution in [1.82, 2.24) is 4.98 Å². The Morgan fingerprint density at radius 2 is 1.70 bits per heavy atom. The van der Waals surface area contributed by atoms with Crippen molar-refractivity contribution in [2.45, 2.75) is 45.4 Å². The highest BCUT2D eigenvalue weighted by atomic mass is 16.1. The van der Waals surface area contributed by atoms with E-state index in [4.69, 9.17) is 0 Å². The van der Waals surface area contributed by atoms with Gasteiger partial charge in [0.05, 0.1) is 0 Å². The summed E-state index contributed by atoms with van der Waals surface area (Å²) in [5.74, 6) is 1.26. The summed E-state index contributed by atoms with van der Waals surface area (Å²) in [6.45, 7) is 6.68. The first kappa shape index (κ1) is 17.6. The van der Waals surface area contributed by atoms with Crippen LogP contribution >= 0.6 is 0 Å². The van der Waals surface area contributed by atoms with Crippen LogP contribution in [-0.4, -0.2) is 10.8 Å². The van der Waals surface area contributed by atoms with Gasteiger partial charge in [-0.1, -0.05) is 57.2 Å². The fraction of sp³-hybridized carbons (Fsp3) is 0.292. The SMILES string of the molecule is CC(C)(C)c1ccc(-c2ccc(Nc3cccc4c3CC(=O)CC4)[nH]2)cc1. The number of Topliss-reactive ketones (excluding diaryl/α,β-unsaturated/α-hetero) is 1. The number of carbonyl (C=O) groups is 1.